The van der Waals surface area contributed by atoms with E-state index < -0.39 is 30.1 Å². The van der Waals surface area contributed by atoms with E-state index in [1.54, 1.807) is 54.6 Å². The van der Waals surface area contributed by atoms with E-state index in [0.717, 1.165) is 16.1 Å². The van der Waals surface area contributed by atoms with Crippen molar-refractivity contribution in [2.24, 2.45) is 0 Å². The molecule has 0 heterocycles. The van der Waals surface area contributed by atoms with Crippen LogP contribution in [0.15, 0.2) is 84.9 Å². The van der Waals surface area contributed by atoms with E-state index in [4.69, 9.17) is 4.74 Å². The lowest BCUT2D eigenvalue weighted by molar-refractivity contribution is -0.148. The molecule has 0 spiro atoms. The molecule has 3 aromatic rings. The van der Waals surface area contributed by atoms with Gasteiger partial charge in [-0.25, -0.2) is 20.0 Å². The van der Waals surface area contributed by atoms with Gasteiger partial charge in [-0.2, -0.15) is 0 Å². The maximum absolute atomic E-state index is 13.2. The fraction of sp³-hybridized carbons (Fsp3) is 0.276. The molecule has 8 heteroatoms. The molecule has 3 rings (SSSR count). The largest absolute Gasteiger partial charge is 0.480 e. The minimum absolute atomic E-state index is 0.0356. The predicted molar refractivity (Wildman–Crippen MR) is 139 cm³/mol. The Labute approximate surface area is 216 Å². The van der Waals surface area contributed by atoms with Crippen LogP contribution in [0.4, 0.5) is 4.79 Å². The maximum atomic E-state index is 13.2. The molecule has 0 aliphatic heterocycles. The normalized spacial score (nSPS) is 12.5. The van der Waals surface area contributed by atoms with Crippen molar-refractivity contribution >= 4 is 18.0 Å². The lowest BCUT2D eigenvalue weighted by Gasteiger charge is -2.31. The van der Waals surface area contributed by atoms with Crippen LogP contribution in [0.2, 0.25) is 0 Å². The third-order valence-electron chi connectivity index (χ3n) is 5.95. The van der Waals surface area contributed by atoms with Crippen LogP contribution < -0.4 is 5.43 Å². The number of carboxylic acid groups (broad SMARTS) is 2. The monoisotopic (exact) mass is 504 g/mol. The van der Waals surface area contributed by atoms with Gasteiger partial charge in [-0.1, -0.05) is 98.8 Å². The predicted octanol–water partition coefficient (Wildman–Crippen LogP) is 4.65. The first-order valence-electron chi connectivity index (χ1n) is 12.1. The summed E-state index contributed by atoms with van der Waals surface area (Å²) < 4.78 is 5.40. The van der Waals surface area contributed by atoms with E-state index in [1.807, 2.05) is 30.3 Å². The number of hydrogen-bond donors (Lipinski definition) is 3. The van der Waals surface area contributed by atoms with E-state index in [-0.39, 0.29) is 19.4 Å². The first-order valence-corrected chi connectivity index (χ1v) is 12.1. The minimum atomic E-state index is -1.41. The van der Waals surface area contributed by atoms with E-state index in [2.05, 4.69) is 19.3 Å². The molecule has 0 aromatic heterocycles. The van der Waals surface area contributed by atoms with Gasteiger partial charge in [0.05, 0.1) is 0 Å². The fourth-order valence-electron chi connectivity index (χ4n) is 3.82. The summed E-state index contributed by atoms with van der Waals surface area (Å²) >= 11 is 0. The van der Waals surface area contributed by atoms with Crippen molar-refractivity contribution in [2.45, 2.75) is 51.3 Å². The summed E-state index contributed by atoms with van der Waals surface area (Å²) in [6.45, 7) is 4.03. The Kier molecular flexibility index (Phi) is 9.80. The number of rotatable bonds is 12. The van der Waals surface area contributed by atoms with Gasteiger partial charge in [0.25, 0.3) is 0 Å². The van der Waals surface area contributed by atoms with Gasteiger partial charge in [-0.05, 0) is 28.2 Å². The average Bonchev–Trinajstić information content (AvgIpc) is 2.89. The highest BCUT2D eigenvalue weighted by Gasteiger charge is 2.35. The van der Waals surface area contributed by atoms with Crippen molar-refractivity contribution in [1.82, 2.24) is 10.4 Å². The van der Waals surface area contributed by atoms with Crippen molar-refractivity contribution in [1.29, 1.82) is 0 Å². The number of carbonyl (C=O) groups is 3. The van der Waals surface area contributed by atoms with Crippen LogP contribution in [0.3, 0.4) is 0 Å². The highest BCUT2D eigenvalue weighted by molar-refractivity contribution is 5.81. The third kappa shape index (κ3) is 8.18. The van der Waals surface area contributed by atoms with Crippen LogP contribution in [-0.4, -0.2) is 45.3 Å². The maximum Gasteiger partial charge on any atom is 0.425 e. The summed E-state index contributed by atoms with van der Waals surface area (Å²) in [6, 6.07) is 22.6. The zero-order valence-corrected chi connectivity index (χ0v) is 20.9. The molecule has 0 fully saturated rings. The first-order chi connectivity index (χ1) is 17.7. The number of carboxylic acids is 2. The number of hydrazine groups is 1. The molecule has 0 bridgehead atoms. The highest BCUT2D eigenvalue weighted by atomic mass is 16.6. The average molecular weight is 505 g/mol. The van der Waals surface area contributed by atoms with Crippen LogP contribution in [0, 0.1) is 0 Å². The molecule has 0 aliphatic carbocycles. The van der Waals surface area contributed by atoms with Crippen molar-refractivity contribution < 1.29 is 29.3 Å². The fourth-order valence-corrected chi connectivity index (χ4v) is 3.82. The molecule has 3 N–H and O–H groups in total. The Hall–Kier alpha value is -4.17. The molecular formula is C29H32N2O6. The van der Waals surface area contributed by atoms with Gasteiger partial charge in [0.15, 0.2) is 6.04 Å². The first kappa shape index (κ1) is 27.4. The summed E-state index contributed by atoms with van der Waals surface area (Å²) in [4.78, 5) is 37.6. The Bertz CT molecular complexity index is 1170. The summed E-state index contributed by atoms with van der Waals surface area (Å²) in [5.41, 5.74) is 5.89. The van der Waals surface area contributed by atoms with E-state index in [1.165, 1.54) is 0 Å². The molecule has 1 amide bonds. The number of hydrogen-bond acceptors (Lipinski definition) is 5. The van der Waals surface area contributed by atoms with Crippen molar-refractivity contribution in [3.8, 4) is 0 Å². The number of nitrogens with zero attached hydrogens (tertiary/aromatic N) is 1. The van der Waals surface area contributed by atoms with Gasteiger partial charge >= 0.3 is 18.0 Å². The van der Waals surface area contributed by atoms with Crippen LogP contribution in [0.25, 0.3) is 0 Å². The lowest BCUT2D eigenvalue weighted by Crippen LogP contribution is -2.59. The van der Waals surface area contributed by atoms with Crippen LogP contribution in [0.5, 0.6) is 0 Å². The number of benzene rings is 3. The molecular weight excluding hydrogens is 472 g/mol. The molecule has 37 heavy (non-hydrogen) atoms. The Balaban J connectivity index is 1.85. The summed E-state index contributed by atoms with van der Waals surface area (Å²) in [7, 11) is 0. The molecule has 0 aliphatic rings. The second kappa shape index (κ2) is 13.2. The molecule has 2 atom stereocenters. The van der Waals surface area contributed by atoms with Gasteiger partial charge in [0.2, 0.25) is 0 Å². The molecule has 0 radical (unpaired) electrons. The van der Waals surface area contributed by atoms with Gasteiger partial charge < -0.3 is 14.9 Å². The van der Waals surface area contributed by atoms with Crippen molar-refractivity contribution in [2.75, 3.05) is 0 Å². The molecule has 3 aromatic carbocycles. The molecule has 0 saturated heterocycles. The highest BCUT2D eigenvalue weighted by Crippen LogP contribution is 2.17. The van der Waals surface area contributed by atoms with Crippen molar-refractivity contribution in [3.63, 3.8) is 0 Å². The zero-order valence-electron chi connectivity index (χ0n) is 20.9. The summed E-state index contributed by atoms with van der Waals surface area (Å²) in [5.74, 6) is -2.19. The second-order valence-corrected chi connectivity index (χ2v) is 9.07. The number of nitrogens with one attached hydrogen (secondary N) is 1. The molecule has 0 saturated carbocycles. The molecule has 0 unspecified atom stereocenters. The van der Waals surface area contributed by atoms with Gasteiger partial charge in [0.1, 0.15) is 12.6 Å². The standard InChI is InChI=1S/C29H32N2O6/c1-20(2)24-15-13-22(14-16-24)17-25(27(32)33)30-31(29(36)37-19-23-11-7-4-8-12-23)26(28(34)35)18-21-9-5-3-6-10-21/h3-16,20,25-26,30H,17-19H2,1-2H3,(H,32,33)(H,34,35)/t25-,26-/m0/s1. The van der Waals surface area contributed by atoms with E-state index >= 15 is 0 Å². The number of ether oxygens (including phenoxy) is 1. The van der Waals surface area contributed by atoms with E-state index in [0.29, 0.717) is 17.0 Å². The summed E-state index contributed by atoms with van der Waals surface area (Å²) in [5, 5.41) is 20.8. The smallest absolute Gasteiger partial charge is 0.425 e. The minimum Gasteiger partial charge on any atom is -0.480 e. The lowest BCUT2D eigenvalue weighted by atomic mass is 9.99. The van der Waals surface area contributed by atoms with Gasteiger partial charge in [-0.3, -0.25) is 4.79 Å². The third-order valence-corrected chi connectivity index (χ3v) is 5.95. The summed E-state index contributed by atoms with van der Waals surface area (Å²) in [6.07, 6.45) is -0.985. The number of aliphatic carboxylic acids is 2. The molecule has 8 nitrogen and oxygen atoms in total. The number of carbonyl (C=O) groups excluding carboxylic acids is 1. The Morgan fingerprint density at radius 1 is 0.757 bits per heavy atom. The Morgan fingerprint density at radius 3 is 1.81 bits per heavy atom. The molecule has 194 valence electrons. The van der Waals surface area contributed by atoms with Crippen LogP contribution >= 0.6 is 0 Å². The topological polar surface area (TPSA) is 116 Å². The van der Waals surface area contributed by atoms with Crippen molar-refractivity contribution in [3.05, 3.63) is 107 Å². The van der Waals surface area contributed by atoms with E-state index in [9.17, 15) is 24.6 Å². The zero-order chi connectivity index (χ0) is 26.8. The quantitative estimate of drug-likeness (QED) is 0.308. The SMILES string of the molecule is CC(C)c1ccc(C[C@H](NN(C(=O)OCc2ccccc2)[C@@H](Cc2ccccc2)C(=O)O)C(=O)O)cc1. The number of amides is 1. The van der Waals surface area contributed by atoms with Gasteiger partial charge in [0, 0.05) is 12.8 Å². The van der Waals surface area contributed by atoms with Crippen LogP contribution in [0.1, 0.15) is 42.0 Å². The second-order valence-electron chi connectivity index (χ2n) is 9.07. The van der Waals surface area contributed by atoms with Gasteiger partial charge in [-0.15, -0.1) is 0 Å². The van der Waals surface area contributed by atoms with Crippen LogP contribution in [-0.2, 0) is 33.8 Å². The Morgan fingerprint density at radius 2 is 1.30 bits per heavy atom.